The largest absolute Gasteiger partial charge is 0.473 e. The number of carbonyl (C=O) groups excluding carboxylic acids is 1. The zero-order valence-electron chi connectivity index (χ0n) is 12.9. The lowest BCUT2D eigenvalue weighted by Gasteiger charge is -2.16. The van der Waals surface area contributed by atoms with Crippen molar-refractivity contribution in [3.63, 3.8) is 0 Å². The topological polar surface area (TPSA) is 60.5 Å². The Bertz CT molecular complexity index is 846. The van der Waals surface area contributed by atoms with Gasteiger partial charge in [0.15, 0.2) is 6.10 Å². The van der Waals surface area contributed by atoms with Crippen LogP contribution in [-0.4, -0.2) is 17.7 Å². The van der Waals surface area contributed by atoms with E-state index in [4.69, 9.17) is 32.7 Å². The van der Waals surface area contributed by atoms with E-state index in [0.717, 1.165) is 6.07 Å². The van der Waals surface area contributed by atoms with Crippen LogP contribution < -0.4 is 10.1 Å². The fraction of sp³-hybridized carbons (Fsp3) is 0.250. The fourth-order valence-electron chi connectivity index (χ4n) is 2.48. The molecule has 26 heavy (non-hydrogen) atoms. The monoisotopic (exact) mass is 406 g/mol. The van der Waals surface area contributed by atoms with Gasteiger partial charge in [-0.25, -0.2) is 9.78 Å². The molecule has 1 unspecified atom stereocenters. The van der Waals surface area contributed by atoms with Crippen LogP contribution in [-0.2, 0) is 17.5 Å². The number of nitrogens with zero attached hydrogens (tertiary/aromatic N) is 1. The zero-order chi connectivity index (χ0) is 18.9. The molecule has 2 heterocycles. The number of carbonyl (C=O) groups is 1. The number of halogens is 5. The van der Waals surface area contributed by atoms with Crippen molar-refractivity contribution in [2.45, 2.75) is 18.8 Å². The first-order valence-electron chi connectivity index (χ1n) is 7.33. The van der Waals surface area contributed by atoms with Crippen molar-refractivity contribution in [3.8, 4) is 5.88 Å². The first-order chi connectivity index (χ1) is 12.3. The van der Waals surface area contributed by atoms with Crippen molar-refractivity contribution in [3.05, 3.63) is 57.2 Å². The van der Waals surface area contributed by atoms with E-state index in [2.05, 4.69) is 10.3 Å². The standard InChI is InChI=1S/C16H11Cl2F3N2O3/c17-8-4-11(16(19,20)21)10(12(18)5-8)6-23-15(24)26-13-7-25-14-9(13)2-1-3-22-14/h1-5,13H,6-7H2,(H,23,24). The Morgan fingerprint density at radius 1 is 1.38 bits per heavy atom. The number of aromatic nitrogens is 1. The third-order valence-electron chi connectivity index (χ3n) is 3.64. The average molecular weight is 407 g/mol. The van der Waals surface area contributed by atoms with E-state index in [1.165, 1.54) is 12.3 Å². The summed E-state index contributed by atoms with van der Waals surface area (Å²) in [6.07, 6.45) is -4.74. The van der Waals surface area contributed by atoms with Crippen LogP contribution in [0, 0.1) is 0 Å². The number of amides is 1. The summed E-state index contributed by atoms with van der Waals surface area (Å²) in [6, 6.07) is 5.27. The predicted octanol–water partition coefficient (Wildman–Crippen LogP) is 4.77. The quantitative estimate of drug-likeness (QED) is 0.797. The number of hydrogen-bond acceptors (Lipinski definition) is 4. The highest BCUT2D eigenvalue weighted by Crippen LogP contribution is 2.37. The first-order valence-corrected chi connectivity index (χ1v) is 8.08. The lowest BCUT2D eigenvalue weighted by atomic mass is 10.1. The molecule has 3 rings (SSSR count). The van der Waals surface area contributed by atoms with E-state index in [1.54, 1.807) is 12.1 Å². The molecular weight excluding hydrogens is 396 g/mol. The number of fused-ring (bicyclic) bond motifs is 1. The molecule has 1 N–H and O–H groups in total. The molecule has 1 aromatic heterocycles. The van der Waals surface area contributed by atoms with E-state index in [-0.39, 0.29) is 22.2 Å². The molecule has 0 bridgehead atoms. The van der Waals surface area contributed by atoms with Crippen LogP contribution in [0.2, 0.25) is 10.0 Å². The van der Waals surface area contributed by atoms with Gasteiger partial charge < -0.3 is 14.8 Å². The number of pyridine rings is 1. The van der Waals surface area contributed by atoms with Crippen LogP contribution >= 0.6 is 23.2 Å². The van der Waals surface area contributed by atoms with Gasteiger partial charge in [0.25, 0.3) is 0 Å². The maximum atomic E-state index is 13.1. The van der Waals surface area contributed by atoms with Crippen LogP contribution in [0.5, 0.6) is 5.88 Å². The second-order valence-electron chi connectivity index (χ2n) is 5.37. The van der Waals surface area contributed by atoms with Crippen LogP contribution in [0.1, 0.15) is 22.8 Å². The predicted molar refractivity (Wildman–Crippen MR) is 87.3 cm³/mol. The smallest absolute Gasteiger partial charge is 0.416 e. The molecule has 0 aliphatic carbocycles. The Labute approximate surface area is 156 Å². The minimum atomic E-state index is -4.67. The normalized spacial score (nSPS) is 16.0. The Kier molecular flexibility index (Phi) is 5.15. The van der Waals surface area contributed by atoms with Gasteiger partial charge >= 0.3 is 12.3 Å². The van der Waals surface area contributed by atoms with E-state index in [1.807, 2.05) is 0 Å². The Morgan fingerprint density at radius 2 is 2.15 bits per heavy atom. The van der Waals surface area contributed by atoms with E-state index < -0.39 is 30.5 Å². The summed E-state index contributed by atoms with van der Waals surface area (Å²) in [4.78, 5) is 15.9. The van der Waals surface area contributed by atoms with E-state index in [0.29, 0.717) is 11.4 Å². The van der Waals surface area contributed by atoms with Gasteiger partial charge in [-0.15, -0.1) is 0 Å². The molecule has 1 atom stereocenters. The Balaban J connectivity index is 1.69. The highest BCUT2D eigenvalue weighted by atomic mass is 35.5. The summed E-state index contributed by atoms with van der Waals surface area (Å²) in [7, 11) is 0. The molecule has 1 aliphatic heterocycles. The average Bonchev–Trinajstić information content (AvgIpc) is 2.96. The lowest BCUT2D eigenvalue weighted by Crippen LogP contribution is -2.27. The van der Waals surface area contributed by atoms with E-state index >= 15 is 0 Å². The molecule has 10 heteroatoms. The van der Waals surface area contributed by atoms with Gasteiger partial charge in [-0.05, 0) is 24.3 Å². The first kappa shape index (κ1) is 18.6. The van der Waals surface area contributed by atoms with Crippen LogP contribution in [0.4, 0.5) is 18.0 Å². The highest BCUT2D eigenvalue weighted by Gasteiger charge is 2.35. The van der Waals surface area contributed by atoms with Gasteiger partial charge in [0.05, 0.1) is 11.1 Å². The molecule has 5 nitrogen and oxygen atoms in total. The SMILES string of the molecule is O=C(NCc1c(Cl)cc(Cl)cc1C(F)(F)F)OC1COc2ncccc21. The molecule has 0 saturated heterocycles. The minimum absolute atomic E-state index is 0.0786. The Hall–Kier alpha value is -2.19. The van der Waals surface area contributed by atoms with Crippen molar-refractivity contribution < 1.29 is 27.4 Å². The number of alkyl carbamates (subject to hydrolysis) is 1. The van der Waals surface area contributed by atoms with Gasteiger partial charge in [0, 0.05) is 28.4 Å². The Morgan fingerprint density at radius 3 is 2.88 bits per heavy atom. The van der Waals surface area contributed by atoms with Crippen molar-refractivity contribution in [1.82, 2.24) is 10.3 Å². The maximum absolute atomic E-state index is 13.1. The second kappa shape index (κ2) is 7.20. The van der Waals surface area contributed by atoms with Crippen LogP contribution in [0.15, 0.2) is 30.5 Å². The van der Waals surface area contributed by atoms with Crippen molar-refractivity contribution in [2.75, 3.05) is 6.61 Å². The molecule has 0 radical (unpaired) electrons. The molecule has 138 valence electrons. The zero-order valence-corrected chi connectivity index (χ0v) is 14.5. The van der Waals surface area contributed by atoms with Crippen molar-refractivity contribution in [2.24, 2.45) is 0 Å². The van der Waals surface area contributed by atoms with Gasteiger partial charge in [-0.2, -0.15) is 13.2 Å². The summed E-state index contributed by atoms with van der Waals surface area (Å²) < 4.78 is 49.9. The molecular formula is C16H11Cl2F3N2O3. The number of hydrogen-bond donors (Lipinski definition) is 1. The van der Waals surface area contributed by atoms with Gasteiger partial charge in [-0.1, -0.05) is 23.2 Å². The van der Waals surface area contributed by atoms with Crippen LogP contribution in [0.25, 0.3) is 0 Å². The maximum Gasteiger partial charge on any atom is 0.416 e. The second-order valence-corrected chi connectivity index (χ2v) is 6.21. The summed E-state index contributed by atoms with van der Waals surface area (Å²) in [5.41, 5.74) is -0.734. The molecule has 0 saturated carbocycles. The van der Waals surface area contributed by atoms with Crippen molar-refractivity contribution >= 4 is 29.3 Å². The number of nitrogens with one attached hydrogen (secondary N) is 1. The number of ether oxygens (including phenoxy) is 2. The molecule has 1 aromatic carbocycles. The summed E-state index contributed by atoms with van der Waals surface area (Å²) in [5, 5.41) is 1.91. The molecule has 2 aromatic rings. The van der Waals surface area contributed by atoms with Gasteiger partial charge in [-0.3, -0.25) is 0 Å². The summed E-state index contributed by atoms with van der Waals surface area (Å²) in [6.45, 7) is -0.396. The lowest BCUT2D eigenvalue weighted by molar-refractivity contribution is -0.138. The number of rotatable bonds is 3. The molecule has 1 amide bonds. The van der Waals surface area contributed by atoms with Gasteiger partial charge in [0.2, 0.25) is 5.88 Å². The molecule has 1 aliphatic rings. The van der Waals surface area contributed by atoms with E-state index in [9.17, 15) is 18.0 Å². The van der Waals surface area contributed by atoms with Gasteiger partial charge in [0.1, 0.15) is 6.61 Å². The molecule has 0 spiro atoms. The number of alkyl halides is 3. The molecule has 0 fully saturated rings. The van der Waals surface area contributed by atoms with Crippen LogP contribution in [0.3, 0.4) is 0 Å². The highest BCUT2D eigenvalue weighted by molar-refractivity contribution is 6.35. The fourth-order valence-corrected chi connectivity index (χ4v) is 3.04. The minimum Gasteiger partial charge on any atom is -0.473 e. The summed E-state index contributed by atoms with van der Waals surface area (Å²) in [5.74, 6) is 0.352. The third kappa shape index (κ3) is 3.96. The summed E-state index contributed by atoms with van der Waals surface area (Å²) >= 11 is 11.5. The van der Waals surface area contributed by atoms with Crippen molar-refractivity contribution in [1.29, 1.82) is 0 Å². The number of benzene rings is 1. The third-order valence-corrected chi connectivity index (χ3v) is 4.20.